The molecule has 1 heterocycles. The highest BCUT2D eigenvalue weighted by Gasteiger charge is 2.08. The smallest absolute Gasteiger partial charge is 0.238 e. The second-order valence-corrected chi connectivity index (χ2v) is 5.60. The van der Waals surface area contributed by atoms with Crippen LogP contribution in [-0.4, -0.2) is 42.3 Å². The minimum absolute atomic E-state index is 0. The second-order valence-electron chi connectivity index (χ2n) is 5.60. The van der Waals surface area contributed by atoms with Gasteiger partial charge in [0.1, 0.15) is 5.82 Å². The molecule has 0 spiro atoms. The van der Waals surface area contributed by atoms with E-state index in [0.717, 1.165) is 36.5 Å². The molecular weight excluding hydrogens is 375 g/mol. The predicted octanol–water partition coefficient (Wildman–Crippen LogP) is 3.37. The molecule has 0 aliphatic heterocycles. The molecule has 8 heteroatoms. The molecule has 0 saturated heterocycles. The van der Waals surface area contributed by atoms with Crippen LogP contribution in [0.2, 0.25) is 0 Å². The first-order valence-electron chi connectivity index (χ1n) is 8.35. The van der Waals surface area contributed by atoms with Crippen molar-refractivity contribution in [1.82, 2.24) is 14.9 Å². The number of anilines is 1. The number of ether oxygens (including phenoxy) is 1. The maximum Gasteiger partial charge on any atom is 0.238 e. The standard InChI is InChI=1S/C18H26N4O2.2ClH/c1-3-4-10-22-11-8-20-18(22)15-6-5-7-16(13-15)21-17(23)14-19-9-12-24-2;;/h5-8,11,13,19H,3-4,9-10,12,14H2,1-2H3,(H,21,23);2*1H. The van der Waals surface area contributed by atoms with Crippen LogP contribution in [0.25, 0.3) is 11.4 Å². The first-order valence-corrected chi connectivity index (χ1v) is 8.35. The number of nitrogens with zero attached hydrogens (tertiary/aromatic N) is 2. The third-order valence-corrected chi connectivity index (χ3v) is 3.64. The molecule has 1 aromatic carbocycles. The number of aryl methyl sites for hydroxylation is 1. The Morgan fingerprint density at radius 2 is 2.12 bits per heavy atom. The maximum absolute atomic E-state index is 11.9. The van der Waals surface area contributed by atoms with Crippen molar-refractivity contribution in [3.63, 3.8) is 0 Å². The number of rotatable bonds is 10. The highest BCUT2D eigenvalue weighted by atomic mass is 35.5. The van der Waals surface area contributed by atoms with Crippen molar-refractivity contribution >= 4 is 36.4 Å². The van der Waals surface area contributed by atoms with Gasteiger partial charge in [0.25, 0.3) is 0 Å². The number of carbonyl (C=O) groups excluding carboxylic acids is 1. The van der Waals surface area contributed by atoms with E-state index in [9.17, 15) is 4.79 Å². The molecular formula is C18H28Cl2N4O2. The molecule has 2 rings (SSSR count). The SMILES string of the molecule is CCCCn1ccnc1-c1cccc(NC(=O)CNCCOC)c1.Cl.Cl. The maximum atomic E-state index is 11.9. The fourth-order valence-corrected chi connectivity index (χ4v) is 2.40. The van der Waals surface area contributed by atoms with Crippen LogP contribution in [0.15, 0.2) is 36.7 Å². The van der Waals surface area contributed by atoms with Crippen molar-refractivity contribution < 1.29 is 9.53 Å². The fraction of sp³-hybridized carbons (Fsp3) is 0.444. The van der Waals surface area contributed by atoms with Gasteiger partial charge in [-0.25, -0.2) is 4.98 Å². The summed E-state index contributed by atoms with van der Waals surface area (Å²) in [5, 5.41) is 5.93. The minimum Gasteiger partial charge on any atom is -0.383 e. The van der Waals surface area contributed by atoms with Crippen LogP contribution < -0.4 is 10.6 Å². The Bertz CT molecular complexity index is 650. The molecule has 0 radical (unpaired) electrons. The van der Waals surface area contributed by atoms with Gasteiger partial charge in [-0.2, -0.15) is 0 Å². The van der Waals surface area contributed by atoms with Crippen LogP contribution in [0.5, 0.6) is 0 Å². The van der Waals surface area contributed by atoms with Gasteiger partial charge in [-0.3, -0.25) is 4.79 Å². The first kappa shape index (κ1) is 24.4. The number of methoxy groups -OCH3 is 1. The summed E-state index contributed by atoms with van der Waals surface area (Å²) in [6.45, 7) is 4.62. The summed E-state index contributed by atoms with van der Waals surface area (Å²) in [6, 6.07) is 7.78. The quantitative estimate of drug-likeness (QED) is 0.597. The molecule has 2 N–H and O–H groups in total. The van der Waals surface area contributed by atoms with Crippen LogP contribution in [0.1, 0.15) is 19.8 Å². The summed E-state index contributed by atoms with van der Waals surface area (Å²) >= 11 is 0. The summed E-state index contributed by atoms with van der Waals surface area (Å²) in [5.41, 5.74) is 1.78. The van der Waals surface area contributed by atoms with E-state index in [4.69, 9.17) is 4.74 Å². The molecule has 0 bridgehead atoms. The number of unbranched alkanes of at least 4 members (excludes halogenated alkanes) is 1. The molecule has 6 nitrogen and oxygen atoms in total. The largest absolute Gasteiger partial charge is 0.383 e. The predicted molar refractivity (Wildman–Crippen MR) is 110 cm³/mol. The highest BCUT2D eigenvalue weighted by molar-refractivity contribution is 5.92. The average molecular weight is 403 g/mol. The number of benzene rings is 1. The number of aromatic nitrogens is 2. The lowest BCUT2D eigenvalue weighted by Crippen LogP contribution is -2.30. The molecule has 2 aromatic rings. The molecule has 0 saturated carbocycles. The Kier molecular flexibility index (Phi) is 12.7. The number of hydrogen-bond acceptors (Lipinski definition) is 4. The monoisotopic (exact) mass is 402 g/mol. The molecule has 0 atom stereocenters. The Morgan fingerprint density at radius 3 is 2.85 bits per heavy atom. The Hall–Kier alpha value is -1.60. The van der Waals surface area contributed by atoms with Gasteiger partial charge >= 0.3 is 0 Å². The van der Waals surface area contributed by atoms with Gasteiger partial charge < -0.3 is 19.9 Å². The third kappa shape index (κ3) is 7.74. The topological polar surface area (TPSA) is 68.2 Å². The lowest BCUT2D eigenvalue weighted by atomic mass is 10.2. The molecule has 0 aliphatic rings. The number of hydrogen-bond donors (Lipinski definition) is 2. The summed E-state index contributed by atoms with van der Waals surface area (Å²) in [7, 11) is 1.64. The second kappa shape index (κ2) is 13.6. The van der Waals surface area contributed by atoms with E-state index in [1.807, 2.05) is 36.7 Å². The zero-order chi connectivity index (χ0) is 17.2. The van der Waals surface area contributed by atoms with E-state index in [1.54, 1.807) is 7.11 Å². The number of imidazole rings is 1. The Morgan fingerprint density at radius 1 is 1.31 bits per heavy atom. The summed E-state index contributed by atoms with van der Waals surface area (Å²) < 4.78 is 7.08. The Labute approximate surface area is 167 Å². The first-order chi connectivity index (χ1) is 11.7. The highest BCUT2D eigenvalue weighted by Crippen LogP contribution is 2.21. The van der Waals surface area contributed by atoms with Gasteiger partial charge in [0.05, 0.1) is 13.2 Å². The van der Waals surface area contributed by atoms with Crippen molar-refractivity contribution in [2.24, 2.45) is 0 Å². The zero-order valence-electron chi connectivity index (χ0n) is 15.2. The molecule has 0 unspecified atom stereocenters. The fourth-order valence-electron chi connectivity index (χ4n) is 2.40. The van der Waals surface area contributed by atoms with Gasteiger partial charge in [-0.05, 0) is 18.6 Å². The molecule has 0 aliphatic carbocycles. The number of nitrogens with one attached hydrogen (secondary N) is 2. The summed E-state index contributed by atoms with van der Waals surface area (Å²) in [5.74, 6) is 0.857. The zero-order valence-corrected chi connectivity index (χ0v) is 16.9. The molecule has 26 heavy (non-hydrogen) atoms. The van der Waals surface area contributed by atoms with E-state index >= 15 is 0 Å². The van der Waals surface area contributed by atoms with Gasteiger partial charge in [-0.1, -0.05) is 25.5 Å². The number of carbonyl (C=O) groups is 1. The van der Waals surface area contributed by atoms with Crippen LogP contribution >= 0.6 is 24.8 Å². The molecule has 1 aromatic heterocycles. The molecule has 146 valence electrons. The van der Waals surface area contributed by atoms with Crippen LogP contribution in [-0.2, 0) is 16.1 Å². The minimum atomic E-state index is -0.0717. The van der Waals surface area contributed by atoms with Crippen molar-refractivity contribution in [1.29, 1.82) is 0 Å². The van der Waals surface area contributed by atoms with Crippen molar-refractivity contribution in [2.75, 3.05) is 32.1 Å². The van der Waals surface area contributed by atoms with E-state index in [-0.39, 0.29) is 37.3 Å². The lowest BCUT2D eigenvalue weighted by Gasteiger charge is -2.10. The van der Waals surface area contributed by atoms with Gasteiger partial charge in [0, 0.05) is 43.8 Å². The number of amides is 1. The van der Waals surface area contributed by atoms with Crippen LogP contribution in [0.4, 0.5) is 5.69 Å². The summed E-state index contributed by atoms with van der Waals surface area (Å²) in [4.78, 5) is 16.4. The third-order valence-electron chi connectivity index (χ3n) is 3.64. The normalized spacial score (nSPS) is 9.92. The molecule has 0 fully saturated rings. The van der Waals surface area contributed by atoms with E-state index in [0.29, 0.717) is 13.2 Å². The number of halogens is 2. The van der Waals surface area contributed by atoms with Gasteiger partial charge in [0.15, 0.2) is 0 Å². The van der Waals surface area contributed by atoms with Crippen molar-refractivity contribution in [3.8, 4) is 11.4 Å². The van der Waals surface area contributed by atoms with Crippen LogP contribution in [0.3, 0.4) is 0 Å². The van der Waals surface area contributed by atoms with Crippen molar-refractivity contribution in [3.05, 3.63) is 36.7 Å². The van der Waals surface area contributed by atoms with Crippen LogP contribution in [0, 0.1) is 0 Å². The lowest BCUT2D eigenvalue weighted by molar-refractivity contribution is -0.115. The van der Waals surface area contributed by atoms with Crippen molar-refractivity contribution in [2.45, 2.75) is 26.3 Å². The van der Waals surface area contributed by atoms with Gasteiger partial charge in [0.2, 0.25) is 5.91 Å². The van der Waals surface area contributed by atoms with Gasteiger partial charge in [-0.15, -0.1) is 24.8 Å². The van der Waals surface area contributed by atoms with E-state index < -0.39 is 0 Å². The average Bonchev–Trinajstić information content (AvgIpc) is 3.05. The van der Waals surface area contributed by atoms with E-state index in [1.165, 1.54) is 0 Å². The Balaban J connectivity index is 0.00000312. The van der Waals surface area contributed by atoms with E-state index in [2.05, 4.69) is 27.1 Å². The molecule has 1 amide bonds. The summed E-state index contributed by atoms with van der Waals surface area (Å²) in [6.07, 6.45) is 6.07.